The molecule has 0 radical (unpaired) electrons. The van der Waals surface area contributed by atoms with Gasteiger partial charge in [0.2, 0.25) is 6.10 Å². The molecule has 1 heterocycles. The number of cyclic esters (lactones) is 1. The van der Waals surface area contributed by atoms with E-state index >= 15 is 0 Å². The van der Waals surface area contributed by atoms with Crippen LogP contribution in [0.5, 0.6) is 0 Å². The van der Waals surface area contributed by atoms with Gasteiger partial charge in [0.25, 0.3) is 0 Å². The van der Waals surface area contributed by atoms with Gasteiger partial charge in [-0.3, -0.25) is 0 Å². The lowest BCUT2D eigenvalue weighted by Gasteiger charge is -2.08. The predicted octanol–water partition coefficient (Wildman–Crippen LogP) is 1.47. The molecule has 1 atom stereocenters. The fraction of sp³-hybridized carbons (Fsp3) is 0.333. The second-order valence-electron chi connectivity index (χ2n) is 3.72. The first-order valence-electron chi connectivity index (χ1n) is 5.11. The van der Waals surface area contributed by atoms with Gasteiger partial charge in [0.15, 0.2) is 0 Å². The fourth-order valence-corrected chi connectivity index (χ4v) is 1.47. The summed E-state index contributed by atoms with van der Waals surface area (Å²) in [4.78, 5) is 22.7. The summed E-state index contributed by atoms with van der Waals surface area (Å²) in [5, 5.41) is 0. The van der Waals surface area contributed by atoms with E-state index < -0.39 is 18.0 Å². The highest BCUT2D eigenvalue weighted by Gasteiger charge is 2.30. The third-order valence-corrected chi connectivity index (χ3v) is 2.42. The molecule has 0 N–H and O–H groups in total. The summed E-state index contributed by atoms with van der Waals surface area (Å²) in [5.41, 5.74) is 1.52. The van der Waals surface area contributed by atoms with Crippen LogP contribution in [-0.2, 0) is 14.3 Å². The molecule has 0 amide bonds. The first-order chi connectivity index (χ1) is 7.66. The minimum Gasteiger partial charge on any atom is -0.463 e. The van der Waals surface area contributed by atoms with Crippen molar-refractivity contribution in [1.82, 2.24) is 0 Å². The molecule has 0 saturated carbocycles. The molecule has 1 aromatic carbocycles. The number of benzene rings is 1. The topological polar surface area (TPSA) is 52.6 Å². The van der Waals surface area contributed by atoms with Gasteiger partial charge in [-0.2, -0.15) is 0 Å². The highest BCUT2D eigenvalue weighted by Crippen LogP contribution is 2.13. The van der Waals surface area contributed by atoms with E-state index in [9.17, 15) is 9.59 Å². The number of rotatable bonds is 2. The molecule has 4 nitrogen and oxygen atoms in total. The number of carbonyl (C=O) groups excluding carboxylic acids is 2. The van der Waals surface area contributed by atoms with Gasteiger partial charge in [-0.25, -0.2) is 9.59 Å². The van der Waals surface area contributed by atoms with Crippen LogP contribution in [0, 0.1) is 6.92 Å². The van der Waals surface area contributed by atoms with E-state index in [0.717, 1.165) is 5.56 Å². The minimum absolute atomic E-state index is 0.324. The van der Waals surface area contributed by atoms with Gasteiger partial charge >= 0.3 is 11.9 Å². The largest absolute Gasteiger partial charge is 0.463 e. The van der Waals surface area contributed by atoms with Crippen molar-refractivity contribution in [3.63, 3.8) is 0 Å². The smallest absolute Gasteiger partial charge is 0.347 e. The van der Waals surface area contributed by atoms with Crippen LogP contribution in [0.2, 0.25) is 0 Å². The van der Waals surface area contributed by atoms with Gasteiger partial charge in [-0.15, -0.1) is 0 Å². The van der Waals surface area contributed by atoms with Crippen molar-refractivity contribution in [1.29, 1.82) is 0 Å². The number of ether oxygens (including phenoxy) is 2. The van der Waals surface area contributed by atoms with Crippen molar-refractivity contribution in [2.24, 2.45) is 0 Å². The Morgan fingerprint density at radius 1 is 1.38 bits per heavy atom. The molecule has 0 unspecified atom stereocenters. The van der Waals surface area contributed by atoms with Crippen molar-refractivity contribution >= 4 is 11.9 Å². The zero-order valence-electron chi connectivity index (χ0n) is 8.93. The second kappa shape index (κ2) is 4.35. The lowest BCUT2D eigenvalue weighted by atomic mass is 10.1. The number of carbonyl (C=O) groups is 2. The van der Waals surface area contributed by atoms with Gasteiger partial charge in [-0.05, 0) is 19.1 Å². The van der Waals surface area contributed by atoms with Crippen molar-refractivity contribution in [3.8, 4) is 0 Å². The molecule has 84 valence electrons. The molecule has 4 heteroatoms. The van der Waals surface area contributed by atoms with E-state index in [1.807, 2.05) is 19.1 Å². The van der Waals surface area contributed by atoms with Crippen LogP contribution in [0.1, 0.15) is 22.3 Å². The van der Waals surface area contributed by atoms with Gasteiger partial charge in [0.05, 0.1) is 12.2 Å². The quantitative estimate of drug-likeness (QED) is 0.708. The molecule has 1 aromatic rings. The summed E-state index contributed by atoms with van der Waals surface area (Å²) in [7, 11) is 0. The Bertz CT molecular complexity index is 408. The Labute approximate surface area is 93.2 Å². The summed E-state index contributed by atoms with van der Waals surface area (Å²) in [6, 6.07) is 7.00. The molecule has 0 aromatic heterocycles. The van der Waals surface area contributed by atoms with Gasteiger partial charge in [0, 0.05) is 6.42 Å². The second-order valence-corrected chi connectivity index (χ2v) is 3.72. The molecule has 16 heavy (non-hydrogen) atoms. The Kier molecular flexibility index (Phi) is 2.90. The van der Waals surface area contributed by atoms with E-state index in [4.69, 9.17) is 9.47 Å². The summed E-state index contributed by atoms with van der Waals surface area (Å²) < 4.78 is 9.74. The lowest BCUT2D eigenvalue weighted by Crippen LogP contribution is -2.22. The molecular weight excluding hydrogens is 208 g/mol. The molecule has 1 saturated heterocycles. The van der Waals surface area contributed by atoms with Crippen LogP contribution < -0.4 is 0 Å². The summed E-state index contributed by atoms with van der Waals surface area (Å²) in [5.74, 6) is -0.940. The van der Waals surface area contributed by atoms with Crippen LogP contribution in [0.15, 0.2) is 24.3 Å². The van der Waals surface area contributed by atoms with Crippen molar-refractivity contribution < 1.29 is 19.1 Å². The van der Waals surface area contributed by atoms with Crippen LogP contribution in [0.25, 0.3) is 0 Å². The standard InChI is InChI=1S/C12H12O4/c1-8-2-4-9(5-3-8)11(13)16-10-6-7-15-12(10)14/h2-5,10H,6-7H2,1H3/t10-/m1/s1. The monoisotopic (exact) mass is 220 g/mol. The lowest BCUT2D eigenvalue weighted by molar-refractivity contribution is -0.145. The Morgan fingerprint density at radius 2 is 2.06 bits per heavy atom. The summed E-state index contributed by atoms with van der Waals surface area (Å²) in [6.45, 7) is 2.26. The van der Waals surface area contributed by atoms with Crippen molar-refractivity contribution in [2.45, 2.75) is 19.4 Å². The molecule has 0 spiro atoms. The third kappa shape index (κ3) is 2.21. The average molecular weight is 220 g/mol. The van der Waals surface area contributed by atoms with Crippen LogP contribution in [-0.4, -0.2) is 24.6 Å². The highest BCUT2D eigenvalue weighted by atomic mass is 16.6. The zero-order valence-corrected chi connectivity index (χ0v) is 8.93. The molecule has 1 fully saturated rings. The zero-order chi connectivity index (χ0) is 11.5. The van der Waals surface area contributed by atoms with Crippen LogP contribution in [0.4, 0.5) is 0 Å². The first-order valence-corrected chi connectivity index (χ1v) is 5.11. The Morgan fingerprint density at radius 3 is 2.62 bits per heavy atom. The maximum absolute atomic E-state index is 11.6. The van der Waals surface area contributed by atoms with Gasteiger partial charge in [-0.1, -0.05) is 17.7 Å². The minimum atomic E-state index is -0.742. The number of hydrogen-bond acceptors (Lipinski definition) is 4. The SMILES string of the molecule is Cc1ccc(C(=O)O[C@@H]2CCOC2=O)cc1. The van der Waals surface area contributed by atoms with E-state index in [1.54, 1.807) is 12.1 Å². The van der Waals surface area contributed by atoms with Crippen LogP contribution in [0.3, 0.4) is 0 Å². The number of aryl methyl sites for hydroxylation is 1. The highest BCUT2D eigenvalue weighted by molar-refractivity contribution is 5.91. The van der Waals surface area contributed by atoms with E-state index in [2.05, 4.69) is 0 Å². The third-order valence-electron chi connectivity index (χ3n) is 2.42. The molecule has 2 rings (SSSR count). The summed E-state index contributed by atoms with van der Waals surface area (Å²) >= 11 is 0. The van der Waals surface area contributed by atoms with Crippen molar-refractivity contribution in [3.05, 3.63) is 35.4 Å². The van der Waals surface area contributed by atoms with Gasteiger partial charge < -0.3 is 9.47 Å². The normalized spacial score (nSPS) is 19.3. The summed E-state index contributed by atoms with van der Waals surface area (Å²) in [6.07, 6.45) is -0.301. The number of hydrogen-bond donors (Lipinski definition) is 0. The average Bonchev–Trinajstić information content (AvgIpc) is 2.65. The first kappa shape index (κ1) is 10.7. The maximum Gasteiger partial charge on any atom is 0.347 e. The van der Waals surface area contributed by atoms with E-state index in [0.29, 0.717) is 18.6 Å². The van der Waals surface area contributed by atoms with Crippen LogP contribution >= 0.6 is 0 Å². The predicted molar refractivity (Wildman–Crippen MR) is 56.0 cm³/mol. The Hall–Kier alpha value is -1.84. The van der Waals surface area contributed by atoms with Gasteiger partial charge in [0.1, 0.15) is 0 Å². The fourth-order valence-electron chi connectivity index (χ4n) is 1.47. The molecule has 0 bridgehead atoms. The van der Waals surface area contributed by atoms with E-state index in [1.165, 1.54) is 0 Å². The molecule has 1 aliphatic rings. The molecule has 0 aliphatic carbocycles. The molecular formula is C12H12O4. The van der Waals surface area contributed by atoms with Crippen molar-refractivity contribution in [2.75, 3.05) is 6.61 Å². The number of esters is 2. The Balaban J connectivity index is 2.02. The molecule has 1 aliphatic heterocycles. The van der Waals surface area contributed by atoms with E-state index in [-0.39, 0.29) is 0 Å². The maximum atomic E-state index is 11.6.